The van der Waals surface area contributed by atoms with E-state index in [1.54, 1.807) is 0 Å². The summed E-state index contributed by atoms with van der Waals surface area (Å²) >= 11 is 0. The zero-order valence-electron chi connectivity index (χ0n) is 10.6. The monoisotopic (exact) mass is 281 g/mol. The molecular weight excluding hydrogens is 266 g/mol. The molecule has 20 heavy (non-hydrogen) atoms. The highest BCUT2D eigenvalue weighted by molar-refractivity contribution is 5.87. The summed E-state index contributed by atoms with van der Waals surface area (Å²) in [4.78, 5) is 46.1. The lowest BCUT2D eigenvalue weighted by atomic mass is 10.3. The average molecular weight is 281 g/mol. The van der Waals surface area contributed by atoms with Crippen LogP contribution in [0.4, 0.5) is 5.69 Å². The van der Waals surface area contributed by atoms with Crippen molar-refractivity contribution < 1.29 is 14.4 Å². The minimum atomic E-state index is -0.792. The van der Waals surface area contributed by atoms with E-state index in [2.05, 4.69) is 0 Å². The van der Waals surface area contributed by atoms with Gasteiger partial charge in [0.25, 0.3) is 5.56 Å². The number of hydrogen-bond donors (Lipinski definition) is 3. The molecule has 1 rings (SSSR count). The molecule has 0 bridgehead atoms. The van der Waals surface area contributed by atoms with Crippen LogP contribution in [0.3, 0.4) is 0 Å². The predicted octanol–water partition coefficient (Wildman–Crippen LogP) is -2.77. The van der Waals surface area contributed by atoms with Crippen molar-refractivity contribution in [2.75, 3.05) is 18.8 Å². The minimum absolute atomic E-state index is 0.300. The van der Waals surface area contributed by atoms with Gasteiger partial charge in [0.05, 0.1) is 13.1 Å². The third kappa shape index (κ3) is 4.44. The van der Waals surface area contributed by atoms with Gasteiger partial charge in [0.15, 0.2) is 0 Å². The Morgan fingerprint density at radius 3 is 2.15 bits per heavy atom. The molecule has 0 aromatic carbocycles. The molecule has 0 aliphatic carbocycles. The Labute approximate surface area is 113 Å². The number of aromatic nitrogens is 1. The van der Waals surface area contributed by atoms with Gasteiger partial charge < -0.3 is 26.7 Å². The number of nitrogens with two attached hydrogens (primary N) is 3. The van der Waals surface area contributed by atoms with Crippen LogP contribution in [0.15, 0.2) is 23.1 Å². The summed E-state index contributed by atoms with van der Waals surface area (Å²) in [5, 5.41) is 0. The van der Waals surface area contributed by atoms with E-state index in [0.29, 0.717) is 5.69 Å². The fraction of sp³-hybridized carbons (Fsp3) is 0.273. The first kappa shape index (κ1) is 15.2. The van der Waals surface area contributed by atoms with Crippen LogP contribution in [-0.4, -0.2) is 40.3 Å². The summed E-state index contributed by atoms with van der Waals surface area (Å²) in [6.45, 7) is -1.29. The third-order valence-corrected chi connectivity index (χ3v) is 2.36. The summed E-state index contributed by atoms with van der Waals surface area (Å²) in [5.41, 5.74) is 15.3. The number of carbonyl (C=O) groups is 3. The summed E-state index contributed by atoms with van der Waals surface area (Å²) in [6.07, 6.45) is 1.28. The summed E-state index contributed by atoms with van der Waals surface area (Å²) in [7, 11) is 0. The molecule has 0 saturated carbocycles. The van der Waals surface area contributed by atoms with E-state index in [4.69, 9.17) is 17.2 Å². The molecule has 6 N–H and O–H groups in total. The highest BCUT2D eigenvalue weighted by atomic mass is 16.2. The van der Waals surface area contributed by atoms with Crippen molar-refractivity contribution in [3.8, 4) is 0 Å². The minimum Gasteiger partial charge on any atom is -0.398 e. The Balaban J connectivity index is 2.89. The third-order valence-electron chi connectivity index (χ3n) is 2.36. The Morgan fingerprint density at radius 2 is 1.65 bits per heavy atom. The number of primary amides is 2. The molecular formula is C11H15N5O4. The molecule has 3 amide bonds. The van der Waals surface area contributed by atoms with Crippen LogP contribution in [-0.2, 0) is 20.9 Å². The Hall–Kier alpha value is -2.84. The average Bonchev–Trinajstić information content (AvgIpc) is 2.31. The van der Waals surface area contributed by atoms with E-state index in [1.807, 2.05) is 0 Å². The first-order valence-electron chi connectivity index (χ1n) is 5.60. The maximum atomic E-state index is 12.0. The van der Waals surface area contributed by atoms with E-state index < -0.39 is 36.4 Å². The second kappa shape index (κ2) is 6.36. The molecule has 1 aromatic heterocycles. The predicted molar refractivity (Wildman–Crippen MR) is 70.1 cm³/mol. The largest absolute Gasteiger partial charge is 0.398 e. The first-order valence-corrected chi connectivity index (χ1v) is 5.60. The van der Waals surface area contributed by atoms with Gasteiger partial charge in [-0.1, -0.05) is 0 Å². The molecule has 0 unspecified atom stereocenters. The lowest BCUT2D eigenvalue weighted by molar-refractivity contribution is -0.138. The first-order chi connectivity index (χ1) is 9.29. The van der Waals surface area contributed by atoms with Crippen LogP contribution < -0.4 is 22.8 Å². The van der Waals surface area contributed by atoms with Gasteiger partial charge in [-0.05, 0) is 6.07 Å². The maximum Gasteiger partial charge on any atom is 0.251 e. The van der Waals surface area contributed by atoms with Gasteiger partial charge in [0.2, 0.25) is 17.7 Å². The van der Waals surface area contributed by atoms with Crippen molar-refractivity contribution in [3.63, 3.8) is 0 Å². The van der Waals surface area contributed by atoms with Gasteiger partial charge >= 0.3 is 0 Å². The van der Waals surface area contributed by atoms with Crippen molar-refractivity contribution >= 4 is 23.4 Å². The topological polar surface area (TPSA) is 155 Å². The molecule has 0 aliphatic rings. The quantitative estimate of drug-likeness (QED) is 0.514. The Morgan fingerprint density at radius 1 is 1.10 bits per heavy atom. The van der Waals surface area contributed by atoms with Gasteiger partial charge in [0.1, 0.15) is 6.54 Å². The van der Waals surface area contributed by atoms with Crippen molar-refractivity contribution in [3.05, 3.63) is 28.7 Å². The van der Waals surface area contributed by atoms with E-state index in [0.717, 1.165) is 9.47 Å². The molecule has 0 aliphatic heterocycles. The number of pyridine rings is 1. The zero-order chi connectivity index (χ0) is 15.3. The lowest BCUT2D eigenvalue weighted by Crippen LogP contribution is -2.45. The van der Waals surface area contributed by atoms with Crippen LogP contribution in [0.5, 0.6) is 0 Å². The van der Waals surface area contributed by atoms with Crippen LogP contribution >= 0.6 is 0 Å². The fourth-order valence-electron chi connectivity index (χ4n) is 1.53. The number of nitrogens with zero attached hydrogens (tertiary/aromatic N) is 2. The second-order valence-electron chi connectivity index (χ2n) is 4.11. The molecule has 1 aromatic rings. The molecule has 0 atom stereocenters. The molecule has 0 spiro atoms. The zero-order valence-corrected chi connectivity index (χ0v) is 10.6. The summed E-state index contributed by atoms with van der Waals surface area (Å²) in [6, 6.07) is 2.60. The summed E-state index contributed by atoms with van der Waals surface area (Å²) < 4.78 is 1.06. The second-order valence-corrected chi connectivity index (χ2v) is 4.11. The van der Waals surface area contributed by atoms with Gasteiger partial charge in [-0.15, -0.1) is 0 Å². The normalized spacial score (nSPS) is 10.0. The molecule has 9 heteroatoms. The van der Waals surface area contributed by atoms with Crippen molar-refractivity contribution in [2.24, 2.45) is 11.5 Å². The number of anilines is 1. The molecule has 9 nitrogen and oxygen atoms in total. The summed E-state index contributed by atoms with van der Waals surface area (Å²) in [5.74, 6) is -2.23. The maximum absolute atomic E-state index is 12.0. The van der Waals surface area contributed by atoms with Crippen LogP contribution in [0, 0.1) is 0 Å². The van der Waals surface area contributed by atoms with Crippen LogP contribution in [0.2, 0.25) is 0 Å². The van der Waals surface area contributed by atoms with E-state index >= 15 is 0 Å². The van der Waals surface area contributed by atoms with Crippen LogP contribution in [0.1, 0.15) is 0 Å². The molecule has 0 radical (unpaired) electrons. The highest BCUT2D eigenvalue weighted by Crippen LogP contribution is 1.98. The van der Waals surface area contributed by atoms with Crippen molar-refractivity contribution in [1.29, 1.82) is 0 Å². The number of amides is 3. The number of rotatable bonds is 6. The molecule has 0 fully saturated rings. The van der Waals surface area contributed by atoms with Crippen molar-refractivity contribution in [2.45, 2.75) is 6.54 Å². The standard InChI is InChI=1S/C11H15N5O4/c12-7-1-2-10(19)15(3-7)6-11(20)16(4-8(13)17)5-9(14)18/h1-3H,4-6,12H2,(H2,13,17)(H2,14,18). The van der Waals surface area contributed by atoms with Crippen molar-refractivity contribution in [1.82, 2.24) is 9.47 Å². The van der Waals surface area contributed by atoms with Crippen LogP contribution in [0.25, 0.3) is 0 Å². The van der Waals surface area contributed by atoms with E-state index in [-0.39, 0.29) is 6.54 Å². The Kier molecular flexibility index (Phi) is 4.84. The van der Waals surface area contributed by atoms with E-state index in [1.165, 1.54) is 18.3 Å². The fourth-order valence-corrected chi connectivity index (χ4v) is 1.53. The number of nitrogen functional groups attached to an aromatic ring is 1. The van der Waals surface area contributed by atoms with Gasteiger partial charge in [-0.25, -0.2) is 0 Å². The lowest BCUT2D eigenvalue weighted by Gasteiger charge is -2.19. The van der Waals surface area contributed by atoms with E-state index in [9.17, 15) is 19.2 Å². The van der Waals surface area contributed by atoms with Gasteiger partial charge in [-0.3, -0.25) is 19.2 Å². The molecule has 0 saturated heterocycles. The molecule has 1 heterocycles. The molecule has 108 valence electrons. The Bertz CT molecular complexity index is 579. The SMILES string of the molecule is NC(=O)CN(CC(N)=O)C(=O)Cn1cc(N)ccc1=O. The number of hydrogen-bond acceptors (Lipinski definition) is 5. The van der Waals surface area contributed by atoms with Gasteiger partial charge in [0, 0.05) is 18.0 Å². The highest BCUT2D eigenvalue weighted by Gasteiger charge is 2.18. The van der Waals surface area contributed by atoms with Gasteiger partial charge in [-0.2, -0.15) is 0 Å². The smallest absolute Gasteiger partial charge is 0.251 e. The number of carbonyl (C=O) groups excluding carboxylic acids is 3.